The van der Waals surface area contributed by atoms with Crippen molar-refractivity contribution in [3.8, 4) is 0 Å². The summed E-state index contributed by atoms with van der Waals surface area (Å²) in [6, 6.07) is 0. The number of fused-ring (bicyclic) bond motifs is 2. The molecule has 0 radical (unpaired) electrons. The van der Waals surface area contributed by atoms with Crippen molar-refractivity contribution in [3.63, 3.8) is 0 Å². The fraction of sp³-hybridized carbons (Fsp3) is 0.524. The van der Waals surface area contributed by atoms with Crippen molar-refractivity contribution in [2.24, 2.45) is 0 Å². The SMILES string of the molecule is Nc1nc2c(ncn2[C@H]2C[C@@H](OP(=O)(O)OC[C@H]3O[C@@H](n4cnc5c(N)ncnc54)C(F)[C@H]3OC[PH](=O)O)[C@@H](CO)O2)c(=O)[nH]1. The Morgan fingerprint density at radius 3 is 2.64 bits per heavy atom. The molecule has 0 bridgehead atoms. The first-order valence-corrected chi connectivity index (χ1v) is 16.2. The number of nitrogens with one attached hydrogen (secondary N) is 1. The summed E-state index contributed by atoms with van der Waals surface area (Å²) in [6.45, 7) is -1.38. The van der Waals surface area contributed by atoms with Crippen molar-refractivity contribution in [1.82, 2.24) is 39.0 Å². The number of aromatic amines is 1. The summed E-state index contributed by atoms with van der Waals surface area (Å²) in [7, 11) is -8.13. The lowest BCUT2D eigenvalue weighted by atomic mass is 10.1. The van der Waals surface area contributed by atoms with Gasteiger partial charge in [0, 0.05) is 6.42 Å². The fourth-order valence-corrected chi connectivity index (χ4v) is 6.44. The van der Waals surface area contributed by atoms with Gasteiger partial charge in [-0.25, -0.2) is 28.9 Å². The molecule has 0 spiro atoms. The number of alkyl halides is 1. The molecule has 2 saturated heterocycles. The van der Waals surface area contributed by atoms with Gasteiger partial charge in [0.25, 0.3) is 5.56 Å². The summed E-state index contributed by atoms with van der Waals surface area (Å²) in [6.07, 6.45) is -6.77. The van der Waals surface area contributed by atoms with Gasteiger partial charge in [0.2, 0.25) is 14.0 Å². The minimum Gasteiger partial charge on any atom is -0.394 e. The molecule has 2 fully saturated rings. The second-order valence-corrected chi connectivity index (χ2v) is 12.5. The Morgan fingerprint density at radius 2 is 1.89 bits per heavy atom. The molecule has 4 aromatic heterocycles. The van der Waals surface area contributed by atoms with Crippen LogP contribution in [0.25, 0.3) is 22.3 Å². The highest BCUT2D eigenvalue weighted by atomic mass is 31.2. The quantitative estimate of drug-likeness (QED) is 0.103. The zero-order valence-corrected chi connectivity index (χ0v) is 24.7. The van der Waals surface area contributed by atoms with Crippen molar-refractivity contribution in [1.29, 1.82) is 0 Å². The lowest BCUT2D eigenvalue weighted by molar-refractivity contribution is -0.0618. The van der Waals surface area contributed by atoms with Gasteiger partial charge in [-0.2, -0.15) is 4.98 Å². The number of imidazole rings is 2. The summed E-state index contributed by atoms with van der Waals surface area (Å²) < 4.78 is 69.9. The fourth-order valence-electron chi connectivity index (χ4n) is 5.14. The van der Waals surface area contributed by atoms with Gasteiger partial charge < -0.3 is 40.6 Å². The van der Waals surface area contributed by atoms with E-state index in [-0.39, 0.29) is 40.5 Å². The van der Waals surface area contributed by atoms with Crippen molar-refractivity contribution < 1.29 is 51.7 Å². The molecule has 0 amide bonds. The maximum Gasteiger partial charge on any atom is 0.472 e. The number of phosphoric ester groups is 1. The molecule has 9 atom stereocenters. The first-order chi connectivity index (χ1) is 21.5. The minimum atomic E-state index is -4.95. The Morgan fingerprint density at radius 1 is 1.13 bits per heavy atom. The lowest BCUT2D eigenvalue weighted by Gasteiger charge is -2.23. The topological polar surface area (TPSA) is 300 Å². The lowest BCUT2D eigenvalue weighted by Crippen LogP contribution is -2.34. The van der Waals surface area contributed by atoms with E-state index in [1.165, 1.54) is 21.8 Å². The highest BCUT2D eigenvalue weighted by Crippen LogP contribution is 2.49. The van der Waals surface area contributed by atoms with E-state index in [1.807, 2.05) is 0 Å². The van der Waals surface area contributed by atoms with Crippen LogP contribution in [0.5, 0.6) is 0 Å². The molecule has 4 aromatic rings. The second-order valence-electron chi connectivity index (χ2n) is 9.99. The van der Waals surface area contributed by atoms with Crippen LogP contribution in [0.3, 0.4) is 0 Å². The number of rotatable bonds is 11. The number of ether oxygens (including phenoxy) is 3. The van der Waals surface area contributed by atoms with Crippen LogP contribution < -0.4 is 17.0 Å². The molecule has 0 aliphatic carbocycles. The number of hydrogen-bond acceptors (Lipinski definition) is 16. The number of anilines is 2. The van der Waals surface area contributed by atoms with E-state index in [2.05, 4.69) is 29.9 Å². The monoisotopic (exact) mass is 676 g/mol. The number of halogens is 1. The average molecular weight is 676 g/mol. The van der Waals surface area contributed by atoms with Gasteiger partial charge >= 0.3 is 7.82 Å². The van der Waals surface area contributed by atoms with Crippen LogP contribution in [0, 0.1) is 0 Å². The summed E-state index contributed by atoms with van der Waals surface area (Å²) in [4.78, 5) is 54.2. The van der Waals surface area contributed by atoms with E-state index in [1.54, 1.807) is 0 Å². The van der Waals surface area contributed by atoms with Gasteiger partial charge in [-0.15, -0.1) is 0 Å². The standard InChI is InChI=1S/C21H27FN10O11P2/c22-12-15(39-7-44(35)36)10(42-20(12)32-6-27-13-16(23)25-4-26-17(13)32)3-40-45(37,38)43-8-1-11(41-9(8)2-33)31-5-28-14-18(31)29-21(24)30-19(14)34/h4-6,8-12,15,20,33,44H,1-3,7H2,(H,35,36)(H,37,38)(H2,23,25,26)(H3,24,29,30,34)/t8-,9-,10-,11-,12?,15+,20-/m1/s1. The molecule has 45 heavy (non-hydrogen) atoms. The smallest absolute Gasteiger partial charge is 0.394 e. The minimum absolute atomic E-state index is 0.0299. The molecule has 0 aromatic carbocycles. The van der Waals surface area contributed by atoms with E-state index in [4.69, 9.17) is 34.7 Å². The van der Waals surface area contributed by atoms with E-state index in [0.717, 1.165) is 6.33 Å². The van der Waals surface area contributed by atoms with Crippen molar-refractivity contribution in [3.05, 3.63) is 29.3 Å². The van der Waals surface area contributed by atoms with Crippen LogP contribution in [-0.2, 0) is 32.4 Å². The van der Waals surface area contributed by atoms with E-state index >= 15 is 4.39 Å². The van der Waals surface area contributed by atoms with Crippen molar-refractivity contribution in [2.75, 3.05) is 31.0 Å². The highest BCUT2D eigenvalue weighted by Gasteiger charge is 2.49. The number of nitrogens with zero attached hydrogens (tertiary/aromatic N) is 7. The van der Waals surface area contributed by atoms with Crippen LogP contribution in [0.1, 0.15) is 18.9 Å². The van der Waals surface area contributed by atoms with Gasteiger partial charge in [0.05, 0.1) is 25.9 Å². The number of nitrogen functional groups attached to an aromatic ring is 2. The van der Waals surface area contributed by atoms with E-state index in [9.17, 15) is 28.8 Å². The average Bonchev–Trinajstić information content (AvgIpc) is 3.75. The molecular formula is C21H27FN10O11P2. The largest absolute Gasteiger partial charge is 0.472 e. The summed E-state index contributed by atoms with van der Waals surface area (Å²) in [5, 5.41) is 9.85. The van der Waals surface area contributed by atoms with E-state index in [0.29, 0.717) is 0 Å². The van der Waals surface area contributed by atoms with Crippen LogP contribution in [0.15, 0.2) is 23.8 Å². The van der Waals surface area contributed by atoms with Crippen LogP contribution >= 0.6 is 15.9 Å². The van der Waals surface area contributed by atoms with Gasteiger partial charge in [-0.1, -0.05) is 0 Å². The predicted octanol–water partition coefficient (Wildman–Crippen LogP) is -1.05. The van der Waals surface area contributed by atoms with Crippen molar-refractivity contribution >= 4 is 49.9 Å². The zero-order valence-electron chi connectivity index (χ0n) is 22.8. The third kappa shape index (κ3) is 6.21. The summed E-state index contributed by atoms with van der Waals surface area (Å²) in [5.74, 6) is -0.141. The number of H-pyrrole nitrogens is 1. The number of aliphatic hydroxyl groups is 1. The van der Waals surface area contributed by atoms with Gasteiger partial charge in [0.1, 0.15) is 48.8 Å². The Labute approximate surface area is 250 Å². The first kappa shape index (κ1) is 31.5. The molecule has 0 saturated carbocycles. The maximum atomic E-state index is 15.7. The number of nitrogens with two attached hydrogens (primary N) is 2. The van der Waals surface area contributed by atoms with Crippen molar-refractivity contribution in [2.45, 2.75) is 49.5 Å². The molecule has 244 valence electrons. The van der Waals surface area contributed by atoms with E-state index < -0.39 is 84.0 Å². The first-order valence-electron chi connectivity index (χ1n) is 13.2. The number of aliphatic hydroxyl groups excluding tert-OH is 1. The second kappa shape index (κ2) is 12.4. The van der Waals surface area contributed by atoms with Gasteiger partial charge in [0.15, 0.2) is 35.0 Å². The molecular weight excluding hydrogens is 649 g/mol. The molecule has 2 aliphatic rings. The van der Waals surface area contributed by atoms with Crippen LogP contribution in [-0.4, -0.2) is 104 Å². The molecule has 2 aliphatic heterocycles. The molecule has 3 unspecified atom stereocenters. The molecule has 6 heterocycles. The molecule has 21 nitrogen and oxygen atoms in total. The Bertz CT molecular complexity index is 1840. The molecule has 8 N–H and O–H groups in total. The zero-order chi connectivity index (χ0) is 32.0. The predicted molar refractivity (Wildman–Crippen MR) is 148 cm³/mol. The van der Waals surface area contributed by atoms with Crippen LogP contribution in [0.4, 0.5) is 16.2 Å². The normalized spacial score (nSPS) is 29.0. The molecule has 24 heteroatoms. The highest BCUT2D eigenvalue weighted by molar-refractivity contribution is 7.47. The van der Waals surface area contributed by atoms with Crippen LogP contribution in [0.2, 0.25) is 0 Å². The number of hydrogen-bond donors (Lipinski definition) is 6. The molecule has 6 rings (SSSR count). The number of aromatic nitrogens is 8. The number of phosphoric acid groups is 1. The maximum absolute atomic E-state index is 15.7. The Balaban J connectivity index is 1.16. The van der Waals surface area contributed by atoms with Gasteiger partial charge in [-0.3, -0.25) is 32.5 Å². The summed E-state index contributed by atoms with van der Waals surface area (Å²) in [5.41, 5.74) is 11.2. The Kier molecular flexibility index (Phi) is 8.69. The summed E-state index contributed by atoms with van der Waals surface area (Å²) >= 11 is 0. The third-order valence-corrected chi connectivity index (χ3v) is 8.55. The third-order valence-electron chi connectivity index (χ3n) is 7.12. The van der Waals surface area contributed by atoms with Gasteiger partial charge in [-0.05, 0) is 0 Å². The Hall–Kier alpha value is -3.43.